The molecular formula is C14H14BrNO3. The van der Waals surface area contributed by atoms with Crippen LogP contribution >= 0.6 is 15.9 Å². The molecule has 2 rings (SSSR count). The predicted octanol–water partition coefficient (Wildman–Crippen LogP) is 3.75. The standard InChI is InChI=1S/C14H14BrNO3/c1-9-3-5-12(11(15)7-9)16-8-10-4-6-13(19-10)14(17)18-2/h3-7,16H,8H2,1-2H3. The van der Waals surface area contributed by atoms with Crippen LogP contribution < -0.4 is 5.32 Å². The van der Waals surface area contributed by atoms with Gasteiger partial charge < -0.3 is 14.5 Å². The highest BCUT2D eigenvalue weighted by atomic mass is 79.9. The van der Waals surface area contributed by atoms with Gasteiger partial charge in [-0.2, -0.15) is 0 Å². The number of carbonyl (C=O) groups excluding carboxylic acids is 1. The Hall–Kier alpha value is -1.75. The molecule has 0 bridgehead atoms. The highest BCUT2D eigenvalue weighted by molar-refractivity contribution is 9.10. The van der Waals surface area contributed by atoms with E-state index >= 15 is 0 Å². The lowest BCUT2D eigenvalue weighted by atomic mass is 10.2. The van der Waals surface area contributed by atoms with Gasteiger partial charge >= 0.3 is 5.97 Å². The van der Waals surface area contributed by atoms with Crippen LogP contribution in [0.3, 0.4) is 0 Å². The van der Waals surface area contributed by atoms with Crippen LogP contribution in [0.1, 0.15) is 21.9 Å². The molecule has 1 N–H and O–H groups in total. The molecule has 1 heterocycles. The van der Waals surface area contributed by atoms with E-state index in [0.717, 1.165) is 10.2 Å². The van der Waals surface area contributed by atoms with Gasteiger partial charge in [-0.15, -0.1) is 0 Å². The van der Waals surface area contributed by atoms with E-state index in [-0.39, 0.29) is 5.76 Å². The number of esters is 1. The Bertz CT molecular complexity index is 592. The van der Waals surface area contributed by atoms with Gasteiger partial charge in [0.05, 0.1) is 13.7 Å². The van der Waals surface area contributed by atoms with Crippen molar-refractivity contribution in [3.05, 3.63) is 51.9 Å². The van der Waals surface area contributed by atoms with Crippen LogP contribution in [0.15, 0.2) is 39.2 Å². The van der Waals surface area contributed by atoms with Crippen LogP contribution in [0.4, 0.5) is 5.69 Å². The van der Waals surface area contributed by atoms with E-state index < -0.39 is 5.97 Å². The van der Waals surface area contributed by atoms with Crippen LogP contribution in [0.25, 0.3) is 0 Å². The first-order valence-corrected chi connectivity index (χ1v) is 6.56. The number of nitrogens with one attached hydrogen (secondary N) is 1. The summed E-state index contributed by atoms with van der Waals surface area (Å²) in [7, 11) is 1.33. The first kappa shape index (κ1) is 13.7. The number of methoxy groups -OCH3 is 1. The van der Waals surface area contributed by atoms with Crippen LogP contribution in [-0.2, 0) is 11.3 Å². The summed E-state index contributed by atoms with van der Waals surface area (Å²) in [4.78, 5) is 11.2. The molecule has 4 nitrogen and oxygen atoms in total. The van der Waals surface area contributed by atoms with Crippen LogP contribution in [-0.4, -0.2) is 13.1 Å². The monoisotopic (exact) mass is 323 g/mol. The lowest BCUT2D eigenvalue weighted by Crippen LogP contribution is -2.00. The fourth-order valence-corrected chi connectivity index (χ4v) is 2.26. The summed E-state index contributed by atoms with van der Waals surface area (Å²) in [5.74, 6) is 0.415. The average Bonchev–Trinajstić information content (AvgIpc) is 2.85. The van der Waals surface area contributed by atoms with Crippen molar-refractivity contribution in [2.75, 3.05) is 12.4 Å². The number of carbonyl (C=O) groups is 1. The maximum Gasteiger partial charge on any atom is 0.373 e. The van der Waals surface area contributed by atoms with Crippen LogP contribution in [0.2, 0.25) is 0 Å². The largest absolute Gasteiger partial charge is 0.463 e. The minimum atomic E-state index is -0.470. The van der Waals surface area contributed by atoms with Gasteiger partial charge in [0.1, 0.15) is 5.76 Å². The second kappa shape index (κ2) is 5.93. The zero-order chi connectivity index (χ0) is 13.8. The molecule has 0 amide bonds. The Labute approximate surface area is 119 Å². The molecule has 0 atom stereocenters. The first-order valence-electron chi connectivity index (χ1n) is 5.77. The number of aryl methyl sites for hydroxylation is 1. The van der Waals surface area contributed by atoms with Crippen LogP contribution in [0.5, 0.6) is 0 Å². The molecule has 19 heavy (non-hydrogen) atoms. The third-order valence-corrected chi connectivity index (χ3v) is 3.28. The van der Waals surface area contributed by atoms with Crippen molar-refractivity contribution in [1.29, 1.82) is 0 Å². The number of rotatable bonds is 4. The molecule has 0 saturated heterocycles. The van der Waals surface area contributed by atoms with Gasteiger partial charge in [0, 0.05) is 10.2 Å². The van der Waals surface area contributed by atoms with Crippen molar-refractivity contribution in [3.63, 3.8) is 0 Å². The molecule has 0 radical (unpaired) electrons. The summed E-state index contributed by atoms with van der Waals surface area (Å²) < 4.78 is 10.9. The molecule has 0 aliphatic rings. The van der Waals surface area contributed by atoms with Gasteiger partial charge in [0.15, 0.2) is 0 Å². The Morgan fingerprint density at radius 2 is 2.16 bits per heavy atom. The fourth-order valence-electron chi connectivity index (χ4n) is 1.63. The van der Waals surface area contributed by atoms with E-state index in [4.69, 9.17) is 4.42 Å². The number of hydrogen-bond donors (Lipinski definition) is 1. The van der Waals surface area contributed by atoms with Crippen LogP contribution in [0, 0.1) is 6.92 Å². The van der Waals surface area contributed by atoms with Gasteiger partial charge in [0.25, 0.3) is 0 Å². The minimum absolute atomic E-state index is 0.210. The lowest BCUT2D eigenvalue weighted by molar-refractivity contribution is 0.0563. The van der Waals surface area contributed by atoms with E-state index in [1.807, 2.05) is 25.1 Å². The zero-order valence-electron chi connectivity index (χ0n) is 10.7. The molecular weight excluding hydrogens is 310 g/mol. The molecule has 0 unspecified atom stereocenters. The fraction of sp³-hybridized carbons (Fsp3) is 0.214. The molecule has 2 aromatic rings. The third-order valence-electron chi connectivity index (χ3n) is 2.63. The molecule has 0 fully saturated rings. The van der Waals surface area contributed by atoms with Crippen molar-refractivity contribution in [1.82, 2.24) is 0 Å². The summed E-state index contributed by atoms with van der Waals surface area (Å²) in [6.45, 7) is 2.53. The van der Waals surface area contributed by atoms with E-state index in [0.29, 0.717) is 12.3 Å². The molecule has 5 heteroatoms. The number of anilines is 1. The SMILES string of the molecule is COC(=O)c1ccc(CNc2ccc(C)cc2Br)o1. The molecule has 0 spiro atoms. The third kappa shape index (κ3) is 3.38. The zero-order valence-corrected chi connectivity index (χ0v) is 12.3. The number of furan rings is 1. The van der Waals surface area contributed by atoms with Gasteiger partial charge in [-0.05, 0) is 52.7 Å². The highest BCUT2D eigenvalue weighted by Gasteiger charge is 2.11. The van der Waals surface area contributed by atoms with E-state index in [2.05, 4.69) is 26.0 Å². The summed E-state index contributed by atoms with van der Waals surface area (Å²) in [6, 6.07) is 9.40. The molecule has 0 aliphatic carbocycles. The Morgan fingerprint density at radius 1 is 1.37 bits per heavy atom. The summed E-state index contributed by atoms with van der Waals surface area (Å²) in [5, 5.41) is 3.23. The van der Waals surface area contributed by atoms with Crippen molar-refractivity contribution in [2.24, 2.45) is 0 Å². The summed E-state index contributed by atoms with van der Waals surface area (Å²) in [6.07, 6.45) is 0. The van der Waals surface area contributed by atoms with Crippen molar-refractivity contribution < 1.29 is 13.9 Å². The van der Waals surface area contributed by atoms with Gasteiger partial charge in [-0.1, -0.05) is 6.07 Å². The summed E-state index contributed by atoms with van der Waals surface area (Å²) >= 11 is 3.49. The van der Waals surface area contributed by atoms with Crippen molar-refractivity contribution in [2.45, 2.75) is 13.5 Å². The first-order chi connectivity index (χ1) is 9.10. The normalized spacial score (nSPS) is 10.3. The quantitative estimate of drug-likeness (QED) is 0.870. The molecule has 1 aromatic heterocycles. The molecule has 0 aliphatic heterocycles. The number of hydrogen-bond acceptors (Lipinski definition) is 4. The smallest absolute Gasteiger partial charge is 0.373 e. The molecule has 0 saturated carbocycles. The maximum absolute atomic E-state index is 11.2. The van der Waals surface area contributed by atoms with E-state index in [1.54, 1.807) is 12.1 Å². The second-order valence-electron chi connectivity index (χ2n) is 4.09. The Balaban J connectivity index is 2.02. The minimum Gasteiger partial charge on any atom is -0.463 e. The van der Waals surface area contributed by atoms with Gasteiger partial charge in [-0.25, -0.2) is 4.79 Å². The lowest BCUT2D eigenvalue weighted by Gasteiger charge is -2.07. The predicted molar refractivity (Wildman–Crippen MR) is 76.3 cm³/mol. The average molecular weight is 324 g/mol. The van der Waals surface area contributed by atoms with Crippen molar-refractivity contribution >= 4 is 27.6 Å². The van der Waals surface area contributed by atoms with Gasteiger partial charge in [0.2, 0.25) is 5.76 Å². The van der Waals surface area contributed by atoms with Gasteiger partial charge in [-0.3, -0.25) is 0 Å². The Kier molecular flexibility index (Phi) is 4.27. The topological polar surface area (TPSA) is 51.5 Å². The number of ether oxygens (including phenoxy) is 1. The second-order valence-corrected chi connectivity index (χ2v) is 4.95. The Morgan fingerprint density at radius 3 is 2.84 bits per heavy atom. The summed E-state index contributed by atoms with van der Waals surface area (Å²) in [5.41, 5.74) is 2.16. The van der Waals surface area contributed by atoms with Crippen molar-refractivity contribution in [3.8, 4) is 0 Å². The highest BCUT2D eigenvalue weighted by Crippen LogP contribution is 2.24. The van der Waals surface area contributed by atoms with E-state index in [1.165, 1.54) is 12.7 Å². The van der Waals surface area contributed by atoms with E-state index in [9.17, 15) is 4.79 Å². The molecule has 100 valence electrons. The maximum atomic E-state index is 11.2. The number of benzene rings is 1. The number of halogens is 1. The molecule has 1 aromatic carbocycles.